The normalized spacial score (nSPS) is 11.0. The Labute approximate surface area is 150 Å². The maximum absolute atomic E-state index is 14.1. The van der Waals surface area contributed by atoms with Crippen LogP contribution in [0.15, 0.2) is 42.5 Å². The first-order valence-electron chi connectivity index (χ1n) is 7.05. The van der Waals surface area contributed by atoms with Gasteiger partial charge >= 0.3 is 11.9 Å². The molecule has 2 rings (SSSR count). The molecule has 0 fully saturated rings. The average Bonchev–Trinajstić information content (AvgIpc) is 2.59. The van der Waals surface area contributed by atoms with Crippen molar-refractivity contribution >= 4 is 29.2 Å². The van der Waals surface area contributed by atoms with Crippen molar-refractivity contribution in [2.24, 2.45) is 0 Å². The minimum absolute atomic E-state index is 0.0990. The highest BCUT2D eigenvalue weighted by molar-refractivity contribution is 6.30. The molecule has 136 valence electrons. The molecular weight excluding hydrogens is 374 g/mol. The highest BCUT2D eigenvalue weighted by Crippen LogP contribution is 2.29. The Morgan fingerprint density at radius 3 is 2.35 bits per heavy atom. The maximum Gasteiger partial charge on any atom is 0.349 e. The second-order valence-corrected chi connectivity index (χ2v) is 5.61. The monoisotopic (exact) mass is 384 g/mol. The Morgan fingerprint density at radius 1 is 1.19 bits per heavy atom. The quantitative estimate of drug-likeness (QED) is 0.586. The van der Waals surface area contributed by atoms with Crippen LogP contribution < -0.4 is 5.32 Å². The van der Waals surface area contributed by atoms with E-state index in [1.165, 1.54) is 18.2 Å². The smallest absolute Gasteiger partial charge is 0.349 e. The largest absolute Gasteiger partial charge is 0.477 e. The molecule has 0 aliphatic rings. The number of amides is 1. The van der Waals surface area contributed by atoms with E-state index in [2.05, 4.69) is 0 Å². The zero-order chi connectivity index (χ0) is 19.5. The number of nitro groups is 1. The number of nitrogens with one attached hydrogen (secondary N) is 1. The molecule has 0 radical (unpaired) electrons. The first-order chi connectivity index (χ1) is 12.1. The number of hydrogen-bond donors (Lipinski definition) is 2. The van der Waals surface area contributed by atoms with Gasteiger partial charge in [-0.15, -0.1) is 0 Å². The number of carbonyl (C=O) groups excluding carboxylic acids is 1. The van der Waals surface area contributed by atoms with E-state index >= 15 is 0 Å². The number of hydrogen-bond acceptors (Lipinski definition) is 4. The zero-order valence-corrected chi connectivity index (χ0v) is 13.7. The number of carboxylic acid groups (broad SMARTS) is 1. The summed E-state index contributed by atoms with van der Waals surface area (Å²) in [5.74, 6) is -6.94. The molecular formula is C16H11ClF2N2O5. The molecule has 0 aromatic heterocycles. The van der Waals surface area contributed by atoms with Crippen LogP contribution in [-0.4, -0.2) is 21.9 Å². The lowest BCUT2D eigenvalue weighted by atomic mass is 10.1. The van der Waals surface area contributed by atoms with Gasteiger partial charge in [0.2, 0.25) is 0 Å². The summed E-state index contributed by atoms with van der Waals surface area (Å²) in [6.45, 7) is -0.442. The highest BCUT2D eigenvalue weighted by atomic mass is 35.5. The Balaban J connectivity index is 2.16. The SMILES string of the molecule is O=C(O)c1ccc(CNC(=O)C(F)(F)c2ccc(Cl)cc2)cc1[N+](=O)[O-]. The van der Waals surface area contributed by atoms with Crippen LogP contribution in [0.25, 0.3) is 0 Å². The molecule has 0 saturated carbocycles. The first-order valence-corrected chi connectivity index (χ1v) is 7.43. The summed E-state index contributed by atoms with van der Waals surface area (Å²) in [6.07, 6.45) is 0. The van der Waals surface area contributed by atoms with Gasteiger partial charge in [-0.3, -0.25) is 14.9 Å². The summed E-state index contributed by atoms with van der Waals surface area (Å²) in [6, 6.07) is 7.52. The molecule has 10 heteroatoms. The lowest BCUT2D eigenvalue weighted by Gasteiger charge is -2.16. The number of alkyl halides is 2. The molecule has 7 nitrogen and oxygen atoms in total. The summed E-state index contributed by atoms with van der Waals surface area (Å²) in [7, 11) is 0. The van der Waals surface area contributed by atoms with Gasteiger partial charge in [-0.05, 0) is 23.8 Å². The van der Waals surface area contributed by atoms with Gasteiger partial charge in [0.25, 0.3) is 11.6 Å². The lowest BCUT2D eigenvalue weighted by molar-refractivity contribution is -0.385. The predicted molar refractivity (Wildman–Crippen MR) is 87.2 cm³/mol. The van der Waals surface area contributed by atoms with Crippen molar-refractivity contribution in [3.05, 3.63) is 74.3 Å². The van der Waals surface area contributed by atoms with E-state index in [0.29, 0.717) is 0 Å². The zero-order valence-electron chi connectivity index (χ0n) is 12.9. The van der Waals surface area contributed by atoms with E-state index < -0.39 is 46.1 Å². The van der Waals surface area contributed by atoms with Gasteiger partial charge in [0, 0.05) is 23.2 Å². The van der Waals surface area contributed by atoms with E-state index in [1.54, 1.807) is 0 Å². The third-order valence-corrected chi connectivity index (χ3v) is 3.69. The van der Waals surface area contributed by atoms with Crippen molar-refractivity contribution in [3.63, 3.8) is 0 Å². The second-order valence-electron chi connectivity index (χ2n) is 5.18. The lowest BCUT2D eigenvalue weighted by Crippen LogP contribution is -2.37. The number of nitro benzene ring substituents is 1. The fourth-order valence-corrected chi connectivity index (χ4v) is 2.23. The van der Waals surface area contributed by atoms with Crippen LogP contribution in [-0.2, 0) is 17.3 Å². The van der Waals surface area contributed by atoms with Gasteiger partial charge in [0.1, 0.15) is 5.56 Å². The van der Waals surface area contributed by atoms with Crippen LogP contribution in [0.2, 0.25) is 5.02 Å². The third kappa shape index (κ3) is 4.12. The van der Waals surface area contributed by atoms with Crippen LogP contribution in [0, 0.1) is 10.1 Å². The van der Waals surface area contributed by atoms with Gasteiger partial charge in [-0.1, -0.05) is 29.8 Å². The summed E-state index contributed by atoms with van der Waals surface area (Å²) < 4.78 is 28.2. The number of rotatable bonds is 6. The van der Waals surface area contributed by atoms with E-state index in [9.17, 15) is 28.5 Å². The van der Waals surface area contributed by atoms with Crippen LogP contribution in [0.4, 0.5) is 14.5 Å². The molecule has 0 atom stereocenters. The molecule has 0 aliphatic carbocycles. The average molecular weight is 385 g/mol. The van der Waals surface area contributed by atoms with E-state index in [1.807, 2.05) is 5.32 Å². The molecule has 2 N–H and O–H groups in total. The van der Waals surface area contributed by atoms with Crippen LogP contribution >= 0.6 is 11.6 Å². The Hall–Kier alpha value is -3.07. The molecule has 0 spiro atoms. The fraction of sp³-hybridized carbons (Fsp3) is 0.125. The van der Waals surface area contributed by atoms with Crippen LogP contribution in [0.1, 0.15) is 21.5 Å². The maximum atomic E-state index is 14.1. The van der Waals surface area contributed by atoms with Gasteiger partial charge in [0.15, 0.2) is 0 Å². The summed E-state index contributed by atoms with van der Waals surface area (Å²) >= 11 is 5.62. The number of carboxylic acids is 1. The molecule has 1 amide bonds. The van der Waals surface area contributed by atoms with Gasteiger partial charge in [-0.2, -0.15) is 8.78 Å². The molecule has 2 aromatic rings. The number of aromatic carboxylic acids is 1. The van der Waals surface area contributed by atoms with E-state index in [4.69, 9.17) is 16.7 Å². The van der Waals surface area contributed by atoms with Crippen LogP contribution in [0.3, 0.4) is 0 Å². The van der Waals surface area contributed by atoms with E-state index in [-0.39, 0.29) is 10.6 Å². The van der Waals surface area contributed by atoms with Gasteiger partial charge in [0.05, 0.1) is 4.92 Å². The van der Waals surface area contributed by atoms with Crippen molar-refractivity contribution < 1.29 is 28.4 Å². The molecule has 0 heterocycles. The standard InChI is InChI=1S/C16H11ClF2N2O5/c17-11-4-2-10(3-5-11)16(18,19)15(24)20-8-9-1-6-12(14(22)23)13(7-9)21(25)26/h1-7H,8H2,(H,20,24)(H,22,23). The second kappa shape index (κ2) is 7.44. The topological polar surface area (TPSA) is 110 Å². The Morgan fingerprint density at radius 2 is 1.81 bits per heavy atom. The van der Waals surface area contributed by atoms with Gasteiger partial charge in [-0.25, -0.2) is 4.79 Å². The van der Waals surface area contributed by atoms with Crippen molar-refractivity contribution in [2.45, 2.75) is 12.5 Å². The molecule has 26 heavy (non-hydrogen) atoms. The fourth-order valence-electron chi connectivity index (χ4n) is 2.10. The van der Waals surface area contributed by atoms with Crippen LogP contribution in [0.5, 0.6) is 0 Å². The summed E-state index contributed by atoms with van der Waals surface area (Å²) in [5.41, 5.74) is -1.71. The van der Waals surface area contributed by atoms with Crippen molar-refractivity contribution in [3.8, 4) is 0 Å². The van der Waals surface area contributed by atoms with Gasteiger partial charge < -0.3 is 10.4 Å². The molecule has 0 unspecified atom stereocenters. The van der Waals surface area contributed by atoms with E-state index in [0.717, 1.165) is 24.3 Å². The Kier molecular flexibility index (Phi) is 5.51. The summed E-state index contributed by atoms with van der Waals surface area (Å²) in [5, 5.41) is 22.0. The number of halogens is 3. The summed E-state index contributed by atoms with van der Waals surface area (Å²) in [4.78, 5) is 32.7. The molecule has 0 aliphatic heterocycles. The van der Waals surface area contributed by atoms with Crippen molar-refractivity contribution in [1.29, 1.82) is 0 Å². The molecule has 0 bridgehead atoms. The minimum atomic E-state index is -3.84. The number of nitrogens with zero attached hydrogens (tertiary/aromatic N) is 1. The number of carbonyl (C=O) groups is 2. The van der Waals surface area contributed by atoms with Crippen molar-refractivity contribution in [1.82, 2.24) is 5.32 Å². The number of benzene rings is 2. The third-order valence-electron chi connectivity index (χ3n) is 3.43. The molecule has 0 saturated heterocycles. The first kappa shape index (κ1) is 19.3. The van der Waals surface area contributed by atoms with Crippen molar-refractivity contribution in [2.75, 3.05) is 0 Å². The predicted octanol–water partition coefficient (Wildman–Crippen LogP) is 3.35. The highest BCUT2D eigenvalue weighted by Gasteiger charge is 2.40. The molecule has 2 aromatic carbocycles. The minimum Gasteiger partial charge on any atom is -0.477 e. The Bertz CT molecular complexity index is 871.